The van der Waals surface area contributed by atoms with Crippen LogP contribution in [0.2, 0.25) is 0 Å². The van der Waals surface area contributed by atoms with E-state index in [1.807, 2.05) is 0 Å². The highest BCUT2D eigenvalue weighted by atomic mass is 16.7. The molecule has 0 bridgehead atoms. The van der Waals surface area contributed by atoms with E-state index >= 15 is 0 Å². The molecule has 1 atom stereocenters. The van der Waals surface area contributed by atoms with Crippen molar-refractivity contribution in [3.05, 3.63) is 23.8 Å². The number of Topliss-reactive ketones (excluding diaryl/α,β-unsaturated/α-hetero) is 1. The topological polar surface area (TPSA) is 47.6 Å². The number of hydrogen-bond donors (Lipinski definition) is 1. The minimum absolute atomic E-state index is 0.0933. The quantitative estimate of drug-likeness (QED) is 0.589. The fourth-order valence-corrected chi connectivity index (χ4v) is 1.66. The molecular weight excluding hydrogens is 216 g/mol. The zero-order valence-electron chi connectivity index (χ0n) is 9.47. The molecule has 1 aliphatic rings. The van der Waals surface area contributed by atoms with Gasteiger partial charge in [0.2, 0.25) is 6.79 Å². The minimum Gasteiger partial charge on any atom is -0.454 e. The van der Waals surface area contributed by atoms with E-state index in [0.29, 0.717) is 17.1 Å². The predicted octanol–water partition coefficient (Wildman–Crippen LogP) is 0.197. The summed E-state index contributed by atoms with van der Waals surface area (Å²) in [4.78, 5) is 12.0. The Hall–Kier alpha value is -1.42. The third-order valence-corrected chi connectivity index (χ3v) is 2.49. The molecule has 0 fully saturated rings. The Balaban J connectivity index is 2.14. The van der Waals surface area contributed by atoms with Crippen LogP contribution in [0.3, 0.4) is 0 Å². The second-order valence-electron chi connectivity index (χ2n) is 3.85. The van der Waals surface area contributed by atoms with E-state index in [1.165, 1.54) is 0 Å². The monoisotopic (exact) mass is 227 g/mol. The lowest BCUT2D eigenvalue weighted by Crippen LogP contribution is -2.41. The lowest BCUT2D eigenvalue weighted by Gasteiger charge is -2.16. The smallest absolute Gasteiger partial charge is 0.231 e. The molecule has 4 nitrogen and oxygen atoms in total. The van der Waals surface area contributed by atoms with Gasteiger partial charge in [0.15, 0.2) is 17.3 Å². The molecule has 17 heavy (non-hydrogen) atoms. The van der Waals surface area contributed by atoms with Crippen molar-refractivity contribution in [2.45, 2.75) is 18.8 Å². The van der Waals surface area contributed by atoms with E-state index in [2.05, 4.69) is 5.32 Å². The molecule has 84 valence electrons. The average molecular weight is 227 g/mol. The molecule has 1 unspecified atom stereocenters. The number of carbonyl (C=O) groups excluding carboxylic acids is 1. The lowest BCUT2D eigenvalue weighted by atomic mass is 9.78. The Labute approximate surface area is 102 Å². The molecule has 1 aromatic rings. The van der Waals surface area contributed by atoms with Crippen LogP contribution in [0, 0.1) is 0 Å². The van der Waals surface area contributed by atoms with Gasteiger partial charge < -0.3 is 14.8 Å². The summed E-state index contributed by atoms with van der Waals surface area (Å²) in [6, 6.07) is 4.61. The Morgan fingerprint density at radius 3 is 2.76 bits per heavy atom. The number of nitrogens with one attached hydrogen (secondary N) is 1. The standard InChI is InChI=1S/C11H11B2NO3/c1-6(14-11(12)13)10(15)7-2-3-8-9(4-7)17-5-16-8/h2-4,6,11,14H,5H2,1H3. The van der Waals surface area contributed by atoms with Crippen LogP contribution in [-0.4, -0.2) is 40.2 Å². The van der Waals surface area contributed by atoms with E-state index in [-0.39, 0.29) is 12.6 Å². The molecule has 0 saturated carbocycles. The van der Waals surface area contributed by atoms with E-state index < -0.39 is 11.9 Å². The molecule has 4 radical (unpaired) electrons. The first kappa shape index (κ1) is 12.0. The van der Waals surface area contributed by atoms with Gasteiger partial charge in [0.05, 0.1) is 21.7 Å². The number of ether oxygens (including phenoxy) is 2. The number of hydrogen-bond acceptors (Lipinski definition) is 4. The number of fused-ring (bicyclic) bond motifs is 1. The first-order valence-electron chi connectivity index (χ1n) is 5.29. The van der Waals surface area contributed by atoms with Gasteiger partial charge in [-0.1, -0.05) is 5.84 Å². The Morgan fingerprint density at radius 2 is 2.06 bits per heavy atom. The molecule has 1 aromatic carbocycles. The maximum absolute atomic E-state index is 12.0. The fraction of sp³-hybridized carbons (Fsp3) is 0.364. The summed E-state index contributed by atoms with van der Waals surface area (Å²) in [5.74, 6) is 0.421. The summed E-state index contributed by atoms with van der Waals surface area (Å²) in [6.07, 6.45) is 0. The molecule has 6 heteroatoms. The second-order valence-corrected chi connectivity index (χ2v) is 3.85. The van der Waals surface area contributed by atoms with Crippen molar-refractivity contribution >= 4 is 21.5 Å². The molecule has 0 amide bonds. The third kappa shape index (κ3) is 2.64. The fourth-order valence-electron chi connectivity index (χ4n) is 1.66. The summed E-state index contributed by atoms with van der Waals surface area (Å²) >= 11 is 0. The van der Waals surface area contributed by atoms with Crippen molar-refractivity contribution in [1.29, 1.82) is 0 Å². The number of rotatable bonds is 4. The average Bonchev–Trinajstić information content (AvgIpc) is 2.73. The van der Waals surface area contributed by atoms with Crippen LogP contribution in [-0.2, 0) is 0 Å². The molecule has 1 aliphatic heterocycles. The molecule has 0 spiro atoms. The van der Waals surface area contributed by atoms with Crippen LogP contribution in [0.25, 0.3) is 0 Å². The van der Waals surface area contributed by atoms with E-state index in [0.717, 1.165) is 0 Å². The van der Waals surface area contributed by atoms with Crippen LogP contribution < -0.4 is 14.8 Å². The van der Waals surface area contributed by atoms with E-state index in [4.69, 9.17) is 25.2 Å². The molecule has 1 N–H and O–H groups in total. The van der Waals surface area contributed by atoms with Gasteiger partial charge in [0.1, 0.15) is 0 Å². The molecular formula is C11H11B2NO3. The Bertz CT molecular complexity index is 437. The van der Waals surface area contributed by atoms with Gasteiger partial charge in [-0.3, -0.25) is 4.79 Å². The van der Waals surface area contributed by atoms with Crippen molar-refractivity contribution in [3.8, 4) is 11.5 Å². The number of carbonyl (C=O) groups is 1. The number of benzene rings is 1. The molecule has 0 saturated heterocycles. The molecule has 2 rings (SSSR count). The maximum atomic E-state index is 12.0. The Kier molecular flexibility index (Phi) is 3.43. The number of ketones is 1. The predicted molar refractivity (Wildman–Crippen MR) is 64.8 cm³/mol. The normalized spacial score (nSPS) is 14.9. The van der Waals surface area contributed by atoms with Crippen molar-refractivity contribution in [1.82, 2.24) is 5.32 Å². The highest BCUT2D eigenvalue weighted by molar-refractivity contribution is 6.35. The minimum atomic E-state index is -0.719. The highest BCUT2D eigenvalue weighted by Crippen LogP contribution is 2.32. The van der Waals surface area contributed by atoms with E-state index in [9.17, 15) is 4.79 Å². The summed E-state index contributed by atoms with van der Waals surface area (Å²) in [7, 11) is 10.7. The largest absolute Gasteiger partial charge is 0.454 e. The van der Waals surface area contributed by atoms with Gasteiger partial charge in [0.25, 0.3) is 0 Å². The van der Waals surface area contributed by atoms with Crippen molar-refractivity contribution in [2.24, 2.45) is 0 Å². The SMILES string of the molecule is [B]C([B])NC(C)C(=O)c1ccc2c(c1)OCO2. The van der Waals surface area contributed by atoms with Crippen molar-refractivity contribution in [3.63, 3.8) is 0 Å². The van der Waals surface area contributed by atoms with Gasteiger partial charge in [-0.05, 0) is 25.1 Å². The summed E-state index contributed by atoms with van der Waals surface area (Å²) in [5, 5.41) is 2.74. The third-order valence-electron chi connectivity index (χ3n) is 2.49. The summed E-state index contributed by atoms with van der Waals surface area (Å²) in [5.41, 5.74) is 0.537. The highest BCUT2D eigenvalue weighted by Gasteiger charge is 2.19. The summed E-state index contributed by atoms with van der Waals surface area (Å²) in [6.45, 7) is 1.90. The van der Waals surface area contributed by atoms with Gasteiger partial charge in [-0.25, -0.2) is 0 Å². The van der Waals surface area contributed by atoms with Crippen molar-refractivity contribution < 1.29 is 14.3 Å². The van der Waals surface area contributed by atoms with E-state index in [1.54, 1.807) is 25.1 Å². The molecule has 0 aromatic heterocycles. The van der Waals surface area contributed by atoms with Crippen LogP contribution in [0.4, 0.5) is 0 Å². The van der Waals surface area contributed by atoms with Gasteiger partial charge in [-0.2, -0.15) is 0 Å². The Morgan fingerprint density at radius 1 is 1.35 bits per heavy atom. The van der Waals surface area contributed by atoms with Gasteiger partial charge in [-0.15, -0.1) is 0 Å². The summed E-state index contributed by atoms with van der Waals surface area (Å²) < 4.78 is 10.4. The van der Waals surface area contributed by atoms with Crippen LogP contribution in [0.15, 0.2) is 18.2 Å². The van der Waals surface area contributed by atoms with Crippen LogP contribution in [0.1, 0.15) is 17.3 Å². The zero-order valence-corrected chi connectivity index (χ0v) is 9.47. The van der Waals surface area contributed by atoms with Crippen LogP contribution in [0.5, 0.6) is 11.5 Å². The first-order chi connectivity index (χ1) is 8.08. The van der Waals surface area contributed by atoms with Gasteiger partial charge >= 0.3 is 0 Å². The maximum Gasteiger partial charge on any atom is 0.231 e. The first-order valence-corrected chi connectivity index (χ1v) is 5.29. The van der Waals surface area contributed by atoms with Crippen molar-refractivity contribution in [2.75, 3.05) is 6.79 Å². The second kappa shape index (κ2) is 4.84. The lowest BCUT2D eigenvalue weighted by molar-refractivity contribution is 0.0952. The van der Waals surface area contributed by atoms with Gasteiger partial charge in [0, 0.05) is 5.56 Å². The molecule has 0 aliphatic carbocycles. The molecule has 1 heterocycles. The zero-order chi connectivity index (χ0) is 12.4. The van der Waals surface area contributed by atoms with Crippen LogP contribution >= 0.6 is 0 Å².